The minimum absolute atomic E-state index is 0.0996. The second-order valence-electron chi connectivity index (χ2n) is 6.78. The third-order valence-electron chi connectivity index (χ3n) is 4.56. The van der Waals surface area contributed by atoms with Crippen LogP contribution in [0, 0.1) is 0 Å². The molecule has 2 N–H and O–H groups in total. The molecule has 7 nitrogen and oxygen atoms in total. The quantitative estimate of drug-likeness (QED) is 0.711. The Morgan fingerprint density at radius 2 is 1.86 bits per heavy atom. The van der Waals surface area contributed by atoms with Crippen LogP contribution < -0.4 is 10.6 Å². The number of aromatic nitrogens is 2. The van der Waals surface area contributed by atoms with Gasteiger partial charge in [0.25, 0.3) is 0 Å². The van der Waals surface area contributed by atoms with E-state index in [4.69, 9.17) is 14.7 Å². The Bertz CT molecular complexity index is 985. The Morgan fingerprint density at radius 3 is 2.68 bits per heavy atom. The van der Waals surface area contributed by atoms with Crippen molar-refractivity contribution >= 4 is 34.0 Å². The first kappa shape index (κ1) is 18.3. The zero-order valence-corrected chi connectivity index (χ0v) is 15.8. The molecule has 1 aromatic heterocycles. The first-order valence-corrected chi connectivity index (χ1v) is 9.38. The highest BCUT2D eigenvalue weighted by Crippen LogP contribution is 2.25. The van der Waals surface area contributed by atoms with Gasteiger partial charge < -0.3 is 15.4 Å². The Balaban J connectivity index is 1.64. The number of fused-ring (bicyclic) bond motifs is 1. The molecule has 1 saturated heterocycles. The van der Waals surface area contributed by atoms with Crippen LogP contribution in [0.1, 0.15) is 12.7 Å². The third-order valence-corrected chi connectivity index (χ3v) is 4.56. The van der Waals surface area contributed by atoms with Crippen molar-refractivity contribution in [2.24, 2.45) is 0 Å². The van der Waals surface area contributed by atoms with Gasteiger partial charge in [-0.25, -0.2) is 9.97 Å². The molecule has 0 unspecified atom stereocenters. The first-order valence-electron chi connectivity index (χ1n) is 9.38. The number of amides is 1. The van der Waals surface area contributed by atoms with Crippen molar-refractivity contribution in [2.75, 3.05) is 36.9 Å². The molecule has 28 heavy (non-hydrogen) atoms. The number of anilines is 3. The zero-order chi connectivity index (χ0) is 19.3. The lowest BCUT2D eigenvalue weighted by Crippen LogP contribution is -2.36. The van der Waals surface area contributed by atoms with Gasteiger partial charge in [-0.15, -0.1) is 0 Å². The van der Waals surface area contributed by atoms with Crippen molar-refractivity contribution in [2.45, 2.75) is 13.5 Å². The fraction of sp³-hybridized carbons (Fsp3) is 0.286. The maximum Gasteiger partial charge on any atom is 0.221 e. The molecular weight excluding hydrogens is 354 g/mol. The monoisotopic (exact) mass is 377 g/mol. The molecule has 1 amide bonds. The van der Waals surface area contributed by atoms with Gasteiger partial charge >= 0.3 is 0 Å². The van der Waals surface area contributed by atoms with Crippen molar-refractivity contribution in [3.8, 4) is 0 Å². The van der Waals surface area contributed by atoms with E-state index in [1.165, 1.54) is 6.92 Å². The minimum Gasteiger partial charge on any atom is -0.379 e. The van der Waals surface area contributed by atoms with Crippen LogP contribution in [0.5, 0.6) is 0 Å². The number of para-hydroxylation sites is 1. The Labute approximate surface area is 163 Å². The van der Waals surface area contributed by atoms with Crippen LogP contribution >= 0.6 is 0 Å². The SMILES string of the molecule is CC(=O)Nc1cccc(Nc2nc(CN3CCOCC3)nc3ccccc23)c1. The summed E-state index contributed by atoms with van der Waals surface area (Å²) in [4.78, 5) is 23.2. The Hall–Kier alpha value is -3.03. The smallest absolute Gasteiger partial charge is 0.221 e. The number of ether oxygens (including phenoxy) is 1. The summed E-state index contributed by atoms with van der Waals surface area (Å²) in [5.41, 5.74) is 2.50. The normalized spacial score (nSPS) is 14.8. The summed E-state index contributed by atoms with van der Waals surface area (Å²) in [5, 5.41) is 7.15. The number of hydrogen-bond donors (Lipinski definition) is 2. The number of nitrogens with zero attached hydrogens (tertiary/aromatic N) is 3. The van der Waals surface area contributed by atoms with Gasteiger partial charge in [0, 0.05) is 36.8 Å². The summed E-state index contributed by atoms with van der Waals surface area (Å²) in [6, 6.07) is 15.6. The van der Waals surface area contributed by atoms with E-state index < -0.39 is 0 Å². The Kier molecular flexibility index (Phi) is 5.45. The van der Waals surface area contributed by atoms with E-state index >= 15 is 0 Å². The van der Waals surface area contributed by atoms with Crippen LogP contribution in [0.3, 0.4) is 0 Å². The van der Waals surface area contributed by atoms with Gasteiger partial charge in [-0.3, -0.25) is 9.69 Å². The highest BCUT2D eigenvalue weighted by molar-refractivity contribution is 5.92. The predicted octanol–water partition coefficient (Wildman–Crippen LogP) is 3.16. The molecule has 0 radical (unpaired) electrons. The number of rotatable bonds is 5. The zero-order valence-electron chi connectivity index (χ0n) is 15.8. The number of morpholine rings is 1. The van der Waals surface area contributed by atoms with Crippen LogP contribution in [0.4, 0.5) is 17.2 Å². The highest BCUT2D eigenvalue weighted by atomic mass is 16.5. The first-order chi connectivity index (χ1) is 13.7. The van der Waals surface area contributed by atoms with Crippen molar-refractivity contribution in [1.82, 2.24) is 14.9 Å². The van der Waals surface area contributed by atoms with Gasteiger partial charge in [0.15, 0.2) is 0 Å². The molecule has 2 heterocycles. The van der Waals surface area contributed by atoms with E-state index in [2.05, 4.69) is 15.5 Å². The van der Waals surface area contributed by atoms with Crippen LogP contribution in [0.25, 0.3) is 10.9 Å². The molecule has 7 heteroatoms. The number of benzene rings is 2. The maximum absolute atomic E-state index is 11.3. The lowest BCUT2D eigenvalue weighted by Gasteiger charge is -2.26. The number of carbonyl (C=O) groups excluding carboxylic acids is 1. The predicted molar refractivity (Wildman–Crippen MR) is 110 cm³/mol. The molecule has 0 bridgehead atoms. The fourth-order valence-corrected chi connectivity index (χ4v) is 3.26. The molecule has 0 spiro atoms. The number of hydrogen-bond acceptors (Lipinski definition) is 6. The van der Waals surface area contributed by atoms with E-state index in [1.807, 2.05) is 48.5 Å². The average Bonchev–Trinajstić information content (AvgIpc) is 2.69. The largest absolute Gasteiger partial charge is 0.379 e. The van der Waals surface area contributed by atoms with Crippen LogP contribution in [-0.4, -0.2) is 47.1 Å². The van der Waals surface area contributed by atoms with Crippen LogP contribution in [0.2, 0.25) is 0 Å². The maximum atomic E-state index is 11.3. The summed E-state index contributed by atoms with van der Waals surface area (Å²) in [6.45, 7) is 5.45. The molecule has 144 valence electrons. The van der Waals surface area contributed by atoms with E-state index in [0.29, 0.717) is 6.54 Å². The Morgan fingerprint density at radius 1 is 1.07 bits per heavy atom. The second kappa shape index (κ2) is 8.33. The molecule has 1 aliphatic heterocycles. The number of nitrogens with one attached hydrogen (secondary N) is 2. The van der Waals surface area contributed by atoms with E-state index in [9.17, 15) is 4.79 Å². The third kappa shape index (κ3) is 4.44. The molecule has 1 aliphatic rings. The van der Waals surface area contributed by atoms with Gasteiger partial charge in [0.2, 0.25) is 5.91 Å². The summed E-state index contributed by atoms with van der Waals surface area (Å²) < 4.78 is 5.42. The lowest BCUT2D eigenvalue weighted by molar-refractivity contribution is -0.114. The van der Waals surface area contributed by atoms with Crippen molar-refractivity contribution in [3.63, 3.8) is 0 Å². The van der Waals surface area contributed by atoms with Gasteiger partial charge in [0.1, 0.15) is 11.6 Å². The molecule has 0 aliphatic carbocycles. The molecule has 4 rings (SSSR count). The van der Waals surface area contributed by atoms with Crippen molar-refractivity contribution in [3.05, 3.63) is 54.4 Å². The minimum atomic E-state index is -0.0996. The van der Waals surface area contributed by atoms with Gasteiger partial charge in [-0.2, -0.15) is 0 Å². The summed E-state index contributed by atoms with van der Waals surface area (Å²) in [5.74, 6) is 1.44. The van der Waals surface area contributed by atoms with Crippen molar-refractivity contribution < 1.29 is 9.53 Å². The molecule has 1 fully saturated rings. The summed E-state index contributed by atoms with van der Waals surface area (Å²) in [7, 11) is 0. The van der Waals surface area contributed by atoms with E-state index in [0.717, 1.165) is 60.2 Å². The molecule has 2 aromatic carbocycles. The average molecular weight is 377 g/mol. The van der Waals surface area contributed by atoms with E-state index in [1.54, 1.807) is 0 Å². The second-order valence-corrected chi connectivity index (χ2v) is 6.78. The molecule has 0 atom stereocenters. The fourth-order valence-electron chi connectivity index (χ4n) is 3.26. The number of carbonyl (C=O) groups is 1. The van der Waals surface area contributed by atoms with Gasteiger partial charge in [-0.05, 0) is 30.3 Å². The highest BCUT2D eigenvalue weighted by Gasteiger charge is 2.14. The molecular formula is C21H23N5O2. The van der Waals surface area contributed by atoms with E-state index in [-0.39, 0.29) is 5.91 Å². The summed E-state index contributed by atoms with van der Waals surface area (Å²) >= 11 is 0. The topological polar surface area (TPSA) is 79.4 Å². The van der Waals surface area contributed by atoms with Crippen LogP contribution in [0.15, 0.2) is 48.5 Å². The van der Waals surface area contributed by atoms with Gasteiger partial charge in [0.05, 0.1) is 25.3 Å². The van der Waals surface area contributed by atoms with Gasteiger partial charge in [-0.1, -0.05) is 18.2 Å². The van der Waals surface area contributed by atoms with Crippen LogP contribution in [-0.2, 0) is 16.1 Å². The standard InChI is InChI=1S/C21H23N5O2/c1-15(27)22-16-5-4-6-17(13-16)23-21-18-7-2-3-8-19(18)24-20(25-21)14-26-9-11-28-12-10-26/h2-8,13H,9-12,14H2,1H3,(H,22,27)(H,23,24,25). The van der Waals surface area contributed by atoms with Crippen molar-refractivity contribution in [1.29, 1.82) is 0 Å². The summed E-state index contributed by atoms with van der Waals surface area (Å²) in [6.07, 6.45) is 0. The molecule has 3 aromatic rings. The molecule has 0 saturated carbocycles. The lowest BCUT2D eigenvalue weighted by atomic mass is 10.2.